The Morgan fingerprint density at radius 2 is 1.97 bits per heavy atom. The number of benzene rings is 1. The molecule has 1 amide bonds. The Hall–Kier alpha value is -3.36. The highest BCUT2D eigenvalue weighted by Gasteiger charge is 2.27. The lowest BCUT2D eigenvalue weighted by Gasteiger charge is -2.18. The Bertz CT molecular complexity index is 1270. The summed E-state index contributed by atoms with van der Waals surface area (Å²) in [6.07, 6.45) is 3.40. The number of carbonyl (C=O) groups is 1. The maximum Gasteiger partial charge on any atom is 0.330 e. The standard InChI is InChI=1S/C26H36N6O3/c1-4-5-14-31-24-23(25(34)29-26(31)35)32(16-18(2)3)21(28-24)11-12-22(33)30-15-13-20(17-30)27-19-9-7-6-8-10-19/h6-10,18,20,27H,4-5,11-17H2,1-3H3,(H,29,34,35). The van der Waals surface area contributed by atoms with E-state index >= 15 is 0 Å². The zero-order valence-electron chi connectivity index (χ0n) is 20.9. The van der Waals surface area contributed by atoms with Gasteiger partial charge in [0.2, 0.25) is 5.91 Å². The van der Waals surface area contributed by atoms with Gasteiger partial charge < -0.3 is 14.8 Å². The lowest BCUT2D eigenvalue weighted by molar-refractivity contribution is -0.130. The van der Waals surface area contributed by atoms with Gasteiger partial charge >= 0.3 is 5.69 Å². The second kappa shape index (κ2) is 10.9. The Labute approximate surface area is 205 Å². The van der Waals surface area contributed by atoms with Gasteiger partial charge in [-0.25, -0.2) is 9.78 Å². The second-order valence-electron chi connectivity index (χ2n) is 9.80. The van der Waals surface area contributed by atoms with Crippen LogP contribution < -0.4 is 16.6 Å². The fourth-order valence-corrected chi connectivity index (χ4v) is 4.75. The molecular weight excluding hydrogens is 444 g/mol. The number of hydrogen-bond acceptors (Lipinski definition) is 5. The van der Waals surface area contributed by atoms with Crippen molar-refractivity contribution in [1.29, 1.82) is 0 Å². The number of nitrogens with zero attached hydrogens (tertiary/aromatic N) is 4. The largest absolute Gasteiger partial charge is 0.380 e. The van der Waals surface area contributed by atoms with Gasteiger partial charge in [-0.2, -0.15) is 0 Å². The quantitative estimate of drug-likeness (QED) is 0.464. The number of amides is 1. The molecule has 9 nitrogen and oxygen atoms in total. The van der Waals surface area contributed by atoms with Crippen molar-refractivity contribution in [2.45, 2.75) is 72.0 Å². The van der Waals surface area contributed by atoms with Crippen molar-refractivity contribution in [3.05, 3.63) is 57.0 Å². The third-order valence-electron chi connectivity index (χ3n) is 6.50. The van der Waals surface area contributed by atoms with Crippen LogP contribution >= 0.6 is 0 Å². The van der Waals surface area contributed by atoms with Crippen molar-refractivity contribution >= 4 is 22.8 Å². The topological polar surface area (TPSA) is 105 Å². The number of imidazole rings is 1. The molecule has 2 N–H and O–H groups in total. The van der Waals surface area contributed by atoms with Crippen molar-refractivity contribution < 1.29 is 4.79 Å². The normalized spacial score (nSPS) is 15.9. The molecule has 1 aliphatic rings. The fraction of sp³-hybridized carbons (Fsp3) is 0.538. The van der Waals surface area contributed by atoms with Crippen molar-refractivity contribution in [2.75, 3.05) is 18.4 Å². The molecule has 9 heteroatoms. The number of hydrogen-bond donors (Lipinski definition) is 2. The van der Waals surface area contributed by atoms with Crippen LogP contribution in [0.1, 0.15) is 52.3 Å². The number of fused-ring (bicyclic) bond motifs is 1. The number of para-hydroxylation sites is 1. The monoisotopic (exact) mass is 480 g/mol. The minimum absolute atomic E-state index is 0.0859. The molecule has 2 aromatic heterocycles. The lowest BCUT2D eigenvalue weighted by atomic mass is 10.2. The molecule has 0 radical (unpaired) electrons. The van der Waals surface area contributed by atoms with E-state index in [-0.39, 0.29) is 17.9 Å². The van der Waals surface area contributed by atoms with Crippen molar-refractivity contribution in [3.8, 4) is 0 Å². The van der Waals surface area contributed by atoms with E-state index in [0.29, 0.717) is 49.5 Å². The first-order valence-corrected chi connectivity index (χ1v) is 12.7. The summed E-state index contributed by atoms with van der Waals surface area (Å²) in [6, 6.07) is 10.3. The van der Waals surface area contributed by atoms with Crippen molar-refractivity contribution in [2.24, 2.45) is 5.92 Å². The molecule has 0 saturated carbocycles. The van der Waals surface area contributed by atoms with E-state index in [4.69, 9.17) is 4.98 Å². The van der Waals surface area contributed by atoms with Gasteiger partial charge in [-0.1, -0.05) is 45.4 Å². The fourth-order valence-electron chi connectivity index (χ4n) is 4.75. The van der Waals surface area contributed by atoms with Gasteiger partial charge in [0.05, 0.1) is 0 Å². The van der Waals surface area contributed by atoms with Crippen LogP contribution in [0.4, 0.5) is 5.69 Å². The molecule has 1 saturated heterocycles. The average molecular weight is 481 g/mol. The third-order valence-corrected chi connectivity index (χ3v) is 6.50. The van der Waals surface area contributed by atoms with E-state index in [1.165, 1.54) is 0 Å². The van der Waals surface area contributed by atoms with E-state index in [1.807, 2.05) is 39.8 Å². The molecule has 0 bridgehead atoms. The number of aromatic amines is 1. The van der Waals surface area contributed by atoms with E-state index in [1.54, 1.807) is 4.57 Å². The minimum atomic E-state index is -0.429. The first-order valence-electron chi connectivity index (χ1n) is 12.7. The Morgan fingerprint density at radius 1 is 1.20 bits per heavy atom. The minimum Gasteiger partial charge on any atom is -0.380 e. The molecule has 1 unspecified atom stereocenters. The van der Waals surface area contributed by atoms with Gasteiger partial charge in [0.25, 0.3) is 5.56 Å². The molecule has 3 heterocycles. The molecule has 188 valence electrons. The molecule has 0 aliphatic carbocycles. The molecule has 3 aromatic rings. The average Bonchev–Trinajstić information content (AvgIpc) is 3.43. The summed E-state index contributed by atoms with van der Waals surface area (Å²) in [4.78, 5) is 47.4. The molecular formula is C26H36N6O3. The summed E-state index contributed by atoms with van der Waals surface area (Å²) in [7, 11) is 0. The number of aryl methyl sites for hydroxylation is 2. The van der Waals surface area contributed by atoms with Crippen LogP contribution in [0.15, 0.2) is 39.9 Å². The summed E-state index contributed by atoms with van der Waals surface area (Å²) in [5.74, 6) is 1.05. The molecule has 4 rings (SSSR count). The molecule has 1 atom stereocenters. The van der Waals surface area contributed by atoms with Gasteiger partial charge in [0, 0.05) is 50.7 Å². The maximum absolute atomic E-state index is 13.0. The SMILES string of the molecule is CCCCn1c(=O)[nH]c(=O)c2c1nc(CCC(=O)N1CCC(Nc3ccccc3)C1)n2CC(C)C. The van der Waals surface area contributed by atoms with Crippen molar-refractivity contribution in [3.63, 3.8) is 0 Å². The Balaban J connectivity index is 1.51. The number of H-pyrrole nitrogens is 1. The van der Waals surface area contributed by atoms with Crippen LogP contribution in [0.25, 0.3) is 11.2 Å². The van der Waals surface area contributed by atoms with Gasteiger partial charge in [0.15, 0.2) is 11.2 Å². The number of anilines is 1. The van der Waals surface area contributed by atoms with E-state index in [9.17, 15) is 14.4 Å². The molecule has 35 heavy (non-hydrogen) atoms. The first-order chi connectivity index (χ1) is 16.9. The number of nitrogens with one attached hydrogen (secondary N) is 2. The lowest BCUT2D eigenvalue weighted by Crippen LogP contribution is -2.32. The number of rotatable bonds is 10. The summed E-state index contributed by atoms with van der Waals surface area (Å²) in [5.41, 5.74) is 1.06. The smallest absolute Gasteiger partial charge is 0.330 e. The van der Waals surface area contributed by atoms with E-state index in [2.05, 4.69) is 31.1 Å². The highest BCUT2D eigenvalue weighted by Crippen LogP contribution is 2.19. The van der Waals surface area contributed by atoms with E-state index < -0.39 is 11.2 Å². The highest BCUT2D eigenvalue weighted by atomic mass is 16.2. The summed E-state index contributed by atoms with van der Waals surface area (Å²) >= 11 is 0. The van der Waals surface area contributed by atoms with Crippen LogP contribution in [-0.2, 0) is 24.3 Å². The van der Waals surface area contributed by atoms with Gasteiger partial charge in [-0.05, 0) is 30.9 Å². The Morgan fingerprint density at radius 3 is 2.69 bits per heavy atom. The van der Waals surface area contributed by atoms with Crippen LogP contribution in [-0.4, -0.2) is 49.0 Å². The van der Waals surface area contributed by atoms with Crippen LogP contribution in [0.3, 0.4) is 0 Å². The number of likely N-dealkylation sites (tertiary alicyclic amines) is 1. The zero-order valence-corrected chi connectivity index (χ0v) is 20.9. The van der Waals surface area contributed by atoms with Crippen LogP contribution in [0.5, 0.6) is 0 Å². The predicted molar refractivity (Wildman–Crippen MR) is 138 cm³/mol. The van der Waals surface area contributed by atoms with Crippen LogP contribution in [0.2, 0.25) is 0 Å². The summed E-state index contributed by atoms with van der Waals surface area (Å²) < 4.78 is 3.46. The second-order valence-corrected chi connectivity index (χ2v) is 9.80. The third kappa shape index (κ3) is 5.66. The first kappa shape index (κ1) is 24.8. The van der Waals surface area contributed by atoms with Gasteiger partial charge in [-0.15, -0.1) is 0 Å². The highest BCUT2D eigenvalue weighted by molar-refractivity contribution is 5.77. The number of unbranched alkanes of at least 4 members (excludes halogenated alkanes) is 1. The van der Waals surface area contributed by atoms with Crippen LogP contribution in [0, 0.1) is 5.92 Å². The Kier molecular flexibility index (Phi) is 7.73. The van der Waals surface area contributed by atoms with Gasteiger partial charge in [0.1, 0.15) is 5.82 Å². The molecule has 1 aliphatic heterocycles. The molecule has 0 spiro atoms. The zero-order chi connectivity index (χ0) is 24.9. The predicted octanol–water partition coefficient (Wildman–Crippen LogP) is 2.99. The molecule has 1 aromatic carbocycles. The number of aromatic nitrogens is 4. The van der Waals surface area contributed by atoms with E-state index in [0.717, 1.165) is 31.5 Å². The summed E-state index contributed by atoms with van der Waals surface area (Å²) in [6.45, 7) is 8.71. The maximum atomic E-state index is 13.0. The van der Waals surface area contributed by atoms with Crippen molar-refractivity contribution in [1.82, 2.24) is 24.0 Å². The molecule has 1 fully saturated rings. The number of carbonyl (C=O) groups excluding carboxylic acids is 1. The van der Waals surface area contributed by atoms with Gasteiger partial charge in [-0.3, -0.25) is 19.1 Å². The summed E-state index contributed by atoms with van der Waals surface area (Å²) in [5, 5.41) is 3.50.